The molecule has 17 heavy (non-hydrogen) atoms. The second-order valence-electron chi connectivity index (χ2n) is 4.28. The molecule has 1 rings (SSSR count). The standard InChI is InChI=1S/C14H23NO2/c1-4-5-6-12(15)9-11-10-13(16-2)7-8-14(11)17-3/h7-8,10,12H,4-6,9,15H2,1-3H3. The number of ether oxygens (including phenoxy) is 2. The third kappa shape index (κ3) is 4.27. The molecular formula is C14H23NO2. The maximum atomic E-state index is 6.11. The van der Waals surface area contributed by atoms with Crippen molar-refractivity contribution in [2.75, 3.05) is 14.2 Å². The Balaban J connectivity index is 2.72. The summed E-state index contributed by atoms with van der Waals surface area (Å²) in [6.45, 7) is 2.18. The van der Waals surface area contributed by atoms with Crippen LogP contribution in [0.25, 0.3) is 0 Å². The molecule has 96 valence electrons. The van der Waals surface area contributed by atoms with E-state index in [1.807, 2.05) is 18.2 Å². The SMILES string of the molecule is CCCCC(N)Cc1cc(OC)ccc1OC. The zero-order valence-electron chi connectivity index (χ0n) is 11.0. The number of unbranched alkanes of at least 4 members (excludes halogenated alkanes) is 1. The minimum Gasteiger partial charge on any atom is -0.497 e. The van der Waals surface area contributed by atoms with E-state index in [1.54, 1.807) is 14.2 Å². The normalized spacial score (nSPS) is 12.2. The molecule has 0 bridgehead atoms. The highest BCUT2D eigenvalue weighted by Crippen LogP contribution is 2.25. The van der Waals surface area contributed by atoms with Crippen molar-refractivity contribution in [3.05, 3.63) is 23.8 Å². The molecule has 1 aromatic carbocycles. The molecule has 1 unspecified atom stereocenters. The van der Waals surface area contributed by atoms with Crippen LogP contribution < -0.4 is 15.2 Å². The summed E-state index contributed by atoms with van der Waals surface area (Å²) in [5.74, 6) is 1.74. The number of benzene rings is 1. The van der Waals surface area contributed by atoms with E-state index in [0.717, 1.165) is 29.9 Å². The van der Waals surface area contributed by atoms with E-state index >= 15 is 0 Å². The van der Waals surface area contributed by atoms with Gasteiger partial charge < -0.3 is 15.2 Å². The van der Waals surface area contributed by atoms with Crippen molar-refractivity contribution in [3.8, 4) is 11.5 Å². The van der Waals surface area contributed by atoms with Crippen LogP contribution >= 0.6 is 0 Å². The average Bonchev–Trinajstić information content (AvgIpc) is 2.36. The van der Waals surface area contributed by atoms with Crippen LogP contribution in [0.5, 0.6) is 11.5 Å². The Kier molecular flexibility index (Phi) is 5.84. The van der Waals surface area contributed by atoms with E-state index in [9.17, 15) is 0 Å². The Morgan fingerprint density at radius 2 is 2.00 bits per heavy atom. The molecule has 0 aliphatic carbocycles. The van der Waals surface area contributed by atoms with E-state index in [1.165, 1.54) is 12.8 Å². The van der Waals surface area contributed by atoms with Crippen LogP contribution in [0.3, 0.4) is 0 Å². The first-order valence-electron chi connectivity index (χ1n) is 6.17. The minimum atomic E-state index is 0.191. The lowest BCUT2D eigenvalue weighted by atomic mass is 10.0. The Labute approximate surface area is 104 Å². The topological polar surface area (TPSA) is 44.5 Å². The summed E-state index contributed by atoms with van der Waals surface area (Å²) in [4.78, 5) is 0. The number of hydrogen-bond acceptors (Lipinski definition) is 3. The van der Waals surface area contributed by atoms with E-state index in [2.05, 4.69) is 6.92 Å². The molecule has 0 aliphatic rings. The average molecular weight is 237 g/mol. The summed E-state index contributed by atoms with van der Waals surface area (Å²) in [5.41, 5.74) is 7.23. The molecule has 3 heteroatoms. The third-order valence-corrected chi connectivity index (χ3v) is 2.90. The van der Waals surface area contributed by atoms with Crippen molar-refractivity contribution in [2.24, 2.45) is 5.73 Å². The van der Waals surface area contributed by atoms with E-state index < -0.39 is 0 Å². The predicted octanol–water partition coefficient (Wildman–Crippen LogP) is 2.76. The van der Waals surface area contributed by atoms with Crippen LogP contribution in [0, 0.1) is 0 Å². The highest BCUT2D eigenvalue weighted by atomic mass is 16.5. The molecule has 0 saturated heterocycles. The smallest absolute Gasteiger partial charge is 0.122 e. The fraction of sp³-hybridized carbons (Fsp3) is 0.571. The van der Waals surface area contributed by atoms with Crippen LogP contribution in [0.15, 0.2) is 18.2 Å². The van der Waals surface area contributed by atoms with Gasteiger partial charge in [0.25, 0.3) is 0 Å². The summed E-state index contributed by atoms with van der Waals surface area (Å²) >= 11 is 0. The van der Waals surface area contributed by atoms with Gasteiger partial charge in [0.2, 0.25) is 0 Å². The lowest BCUT2D eigenvalue weighted by Gasteiger charge is -2.14. The van der Waals surface area contributed by atoms with Gasteiger partial charge in [0.05, 0.1) is 14.2 Å². The molecular weight excluding hydrogens is 214 g/mol. The van der Waals surface area contributed by atoms with Gasteiger partial charge in [0.1, 0.15) is 11.5 Å². The van der Waals surface area contributed by atoms with Gasteiger partial charge in [0.15, 0.2) is 0 Å². The molecule has 0 saturated carbocycles. The molecule has 0 spiro atoms. The molecule has 2 N–H and O–H groups in total. The minimum absolute atomic E-state index is 0.191. The summed E-state index contributed by atoms with van der Waals surface area (Å²) in [6, 6.07) is 6.03. The fourth-order valence-corrected chi connectivity index (χ4v) is 1.89. The quantitative estimate of drug-likeness (QED) is 0.793. The molecule has 3 nitrogen and oxygen atoms in total. The van der Waals surface area contributed by atoms with E-state index in [-0.39, 0.29) is 6.04 Å². The van der Waals surface area contributed by atoms with Crippen LogP contribution in [-0.4, -0.2) is 20.3 Å². The second kappa shape index (κ2) is 7.17. The van der Waals surface area contributed by atoms with Gasteiger partial charge in [-0.25, -0.2) is 0 Å². The van der Waals surface area contributed by atoms with Crippen molar-refractivity contribution in [1.82, 2.24) is 0 Å². The molecule has 0 aromatic heterocycles. The Hall–Kier alpha value is -1.22. The lowest BCUT2D eigenvalue weighted by Crippen LogP contribution is -2.22. The molecule has 1 atom stereocenters. The molecule has 0 amide bonds. The van der Waals surface area contributed by atoms with Gasteiger partial charge in [-0.15, -0.1) is 0 Å². The summed E-state index contributed by atoms with van der Waals surface area (Å²) in [5, 5.41) is 0. The molecule has 0 heterocycles. The van der Waals surface area contributed by atoms with E-state index in [4.69, 9.17) is 15.2 Å². The number of hydrogen-bond donors (Lipinski definition) is 1. The van der Waals surface area contributed by atoms with Crippen LogP contribution in [-0.2, 0) is 6.42 Å². The summed E-state index contributed by atoms with van der Waals surface area (Å²) in [7, 11) is 3.35. The van der Waals surface area contributed by atoms with Gasteiger partial charge in [-0.2, -0.15) is 0 Å². The first-order chi connectivity index (χ1) is 8.21. The molecule has 0 radical (unpaired) electrons. The van der Waals surface area contributed by atoms with Gasteiger partial charge in [0, 0.05) is 6.04 Å². The molecule has 0 aliphatic heterocycles. The van der Waals surface area contributed by atoms with Crippen LogP contribution in [0.1, 0.15) is 31.7 Å². The second-order valence-corrected chi connectivity index (χ2v) is 4.28. The number of methoxy groups -OCH3 is 2. The predicted molar refractivity (Wildman–Crippen MR) is 70.8 cm³/mol. The Morgan fingerprint density at radius 1 is 1.24 bits per heavy atom. The van der Waals surface area contributed by atoms with Crippen molar-refractivity contribution in [3.63, 3.8) is 0 Å². The summed E-state index contributed by atoms with van der Waals surface area (Å²) < 4.78 is 10.6. The maximum Gasteiger partial charge on any atom is 0.122 e. The summed E-state index contributed by atoms with van der Waals surface area (Å²) in [6.07, 6.45) is 4.24. The lowest BCUT2D eigenvalue weighted by molar-refractivity contribution is 0.396. The Morgan fingerprint density at radius 3 is 2.59 bits per heavy atom. The molecule has 1 aromatic rings. The zero-order valence-corrected chi connectivity index (χ0v) is 11.0. The number of rotatable bonds is 7. The van der Waals surface area contributed by atoms with Gasteiger partial charge >= 0.3 is 0 Å². The van der Waals surface area contributed by atoms with Crippen molar-refractivity contribution < 1.29 is 9.47 Å². The molecule has 0 fully saturated rings. The van der Waals surface area contributed by atoms with Gasteiger partial charge in [-0.1, -0.05) is 19.8 Å². The van der Waals surface area contributed by atoms with Gasteiger partial charge in [-0.3, -0.25) is 0 Å². The van der Waals surface area contributed by atoms with Crippen LogP contribution in [0.4, 0.5) is 0 Å². The highest BCUT2D eigenvalue weighted by molar-refractivity contribution is 5.40. The number of nitrogens with two attached hydrogens (primary N) is 1. The zero-order chi connectivity index (χ0) is 12.7. The van der Waals surface area contributed by atoms with Gasteiger partial charge in [-0.05, 0) is 36.6 Å². The van der Waals surface area contributed by atoms with Crippen molar-refractivity contribution >= 4 is 0 Å². The largest absolute Gasteiger partial charge is 0.497 e. The Bertz CT molecular complexity index is 339. The third-order valence-electron chi connectivity index (χ3n) is 2.90. The van der Waals surface area contributed by atoms with Crippen molar-refractivity contribution in [1.29, 1.82) is 0 Å². The first-order valence-corrected chi connectivity index (χ1v) is 6.17. The maximum absolute atomic E-state index is 6.11. The van der Waals surface area contributed by atoms with E-state index in [0.29, 0.717) is 0 Å². The monoisotopic (exact) mass is 237 g/mol. The van der Waals surface area contributed by atoms with Crippen molar-refractivity contribution in [2.45, 2.75) is 38.6 Å². The first kappa shape index (κ1) is 13.8. The van der Waals surface area contributed by atoms with Crippen LogP contribution in [0.2, 0.25) is 0 Å². The fourth-order valence-electron chi connectivity index (χ4n) is 1.89. The highest BCUT2D eigenvalue weighted by Gasteiger charge is 2.09.